The zero-order chi connectivity index (χ0) is 9.84. The number of carboxylic acid groups (broad SMARTS) is 1. The van der Waals surface area contributed by atoms with Crippen LogP contribution >= 0.6 is 0 Å². The lowest BCUT2D eigenvalue weighted by atomic mass is 10.00. The molecule has 0 spiro atoms. The van der Waals surface area contributed by atoms with Crippen LogP contribution in [0.2, 0.25) is 0 Å². The standard InChI is InChI=1S/C10H13NO2/c1-7-4-2-3-5-8(7)9(11)6-10(12)13/h2-5,9H,6,11H2,1H3,(H,12,13). The van der Waals surface area contributed by atoms with E-state index in [1.54, 1.807) is 0 Å². The van der Waals surface area contributed by atoms with E-state index in [-0.39, 0.29) is 6.42 Å². The Kier molecular flexibility index (Phi) is 3.03. The van der Waals surface area contributed by atoms with Gasteiger partial charge in [-0.05, 0) is 18.1 Å². The first-order valence-corrected chi connectivity index (χ1v) is 4.14. The maximum atomic E-state index is 10.4. The SMILES string of the molecule is Cc1ccccc1C(N)CC(=O)O. The molecule has 0 saturated carbocycles. The molecule has 0 aliphatic rings. The highest BCUT2D eigenvalue weighted by atomic mass is 16.4. The Morgan fingerprint density at radius 2 is 2.15 bits per heavy atom. The van der Waals surface area contributed by atoms with E-state index in [0.29, 0.717) is 0 Å². The Hall–Kier alpha value is -1.35. The largest absolute Gasteiger partial charge is 0.481 e. The molecule has 3 nitrogen and oxygen atoms in total. The molecule has 0 heterocycles. The molecule has 0 amide bonds. The van der Waals surface area contributed by atoms with Gasteiger partial charge < -0.3 is 10.8 Å². The molecule has 0 aromatic heterocycles. The van der Waals surface area contributed by atoms with Gasteiger partial charge in [-0.3, -0.25) is 4.79 Å². The quantitative estimate of drug-likeness (QED) is 0.738. The lowest BCUT2D eigenvalue weighted by molar-refractivity contribution is -0.137. The van der Waals surface area contributed by atoms with E-state index >= 15 is 0 Å². The summed E-state index contributed by atoms with van der Waals surface area (Å²) < 4.78 is 0. The van der Waals surface area contributed by atoms with Gasteiger partial charge in [-0.25, -0.2) is 0 Å². The van der Waals surface area contributed by atoms with Crippen LogP contribution in [0.3, 0.4) is 0 Å². The monoisotopic (exact) mass is 179 g/mol. The molecular formula is C10H13NO2. The van der Waals surface area contributed by atoms with Gasteiger partial charge in [-0.15, -0.1) is 0 Å². The molecule has 0 fully saturated rings. The fourth-order valence-electron chi connectivity index (χ4n) is 1.30. The van der Waals surface area contributed by atoms with Crippen molar-refractivity contribution in [2.45, 2.75) is 19.4 Å². The van der Waals surface area contributed by atoms with Crippen LogP contribution in [0.5, 0.6) is 0 Å². The fraction of sp³-hybridized carbons (Fsp3) is 0.300. The minimum absolute atomic E-state index is 0.0230. The Labute approximate surface area is 77.2 Å². The normalized spacial score (nSPS) is 12.5. The van der Waals surface area contributed by atoms with E-state index in [9.17, 15) is 4.79 Å². The summed E-state index contributed by atoms with van der Waals surface area (Å²) in [5, 5.41) is 8.56. The molecule has 0 bridgehead atoms. The smallest absolute Gasteiger partial charge is 0.305 e. The number of carbonyl (C=O) groups is 1. The number of benzene rings is 1. The lowest BCUT2D eigenvalue weighted by Crippen LogP contribution is -2.15. The fourth-order valence-corrected chi connectivity index (χ4v) is 1.30. The average molecular weight is 179 g/mol. The maximum absolute atomic E-state index is 10.4. The molecule has 1 unspecified atom stereocenters. The van der Waals surface area contributed by atoms with Gasteiger partial charge >= 0.3 is 5.97 Å². The van der Waals surface area contributed by atoms with Crippen molar-refractivity contribution in [3.05, 3.63) is 35.4 Å². The summed E-state index contributed by atoms with van der Waals surface area (Å²) in [7, 11) is 0. The lowest BCUT2D eigenvalue weighted by Gasteiger charge is -2.11. The van der Waals surface area contributed by atoms with Gasteiger partial charge in [0.2, 0.25) is 0 Å². The molecule has 0 radical (unpaired) electrons. The van der Waals surface area contributed by atoms with Crippen LogP contribution in [0.4, 0.5) is 0 Å². The van der Waals surface area contributed by atoms with E-state index in [1.165, 1.54) is 0 Å². The topological polar surface area (TPSA) is 63.3 Å². The summed E-state index contributed by atoms with van der Waals surface area (Å²) in [6.45, 7) is 1.93. The molecule has 0 saturated heterocycles. The predicted octanol–water partition coefficient (Wildman–Crippen LogP) is 1.47. The number of aliphatic carboxylic acids is 1. The summed E-state index contributed by atoms with van der Waals surface area (Å²) in [5.41, 5.74) is 7.66. The molecule has 1 atom stereocenters. The Balaban J connectivity index is 2.82. The first kappa shape index (κ1) is 9.74. The molecule has 3 N–H and O–H groups in total. The van der Waals surface area contributed by atoms with Crippen LogP contribution in [0.1, 0.15) is 23.6 Å². The molecular weight excluding hydrogens is 166 g/mol. The summed E-state index contributed by atoms with van der Waals surface area (Å²) >= 11 is 0. The summed E-state index contributed by atoms with van der Waals surface area (Å²) in [6, 6.07) is 7.16. The number of hydrogen-bond acceptors (Lipinski definition) is 2. The van der Waals surface area contributed by atoms with E-state index in [1.807, 2.05) is 31.2 Å². The molecule has 1 rings (SSSR count). The van der Waals surface area contributed by atoms with Gasteiger partial charge in [0.25, 0.3) is 0 Å². The number of hydrogen-bond donors (Lipinski definition) is 2. The van der Waals surface area contributed by atoms with Gasteiger partial charge in [0.15, 0.2) is 0 Å². The van der Waals surface area contributed by atoms with Crippen molar-refractivity contribution in [2.24, 2.45) is 5.73 Å². The molecule has 1 aromatic rings. The Morgan fingerprint density at radius 3 is 2.69 bits per heavy atom. The van der Waals surface area contributed by atoms with Crippen LogP contribution < -0.4 is 5.73 Å². The molecule has 13 heavy (non-hydrogen) atoms. The first-order valence-electron chi connectivity index (χ1n) is 4.14. The van der Waals surface area contributed by atoms with Crippen molar-refractivity contribution in [3.63, 3.8) is 0 Å². The van der Waals surface area contributed by atoms with Gasteiger partial charge in [0, 0.05) is 6.04 Å². The van der Waals surface area contributed by atoms with Crippen molar-refractivity contribution in [2.75, 3.05) is 0 Å². The van der Waals surface area contributed by atoms with Crippen molar-refractivity contribution in [1.29, 1.82) is 0 Å². The van der Waals surface area contributed by atoms with Crippen molar-refractivity contribution in [3.8, 4) is 0 Å². The van der Waals surface area contributed by atoms with Gasteiger partial charge in [-0.1, -0.05) is 24.3 Å². The Morgan fingerprint density at radius 1 is 1.54 bits per heavy atom. The summed E-state index contributed by atoms with van der Waals surface area (Å²) in [4.78, 5) is 10.4. The number of aryl methyl sites for hydroxylation is 1. The van der Waals surface area contributed by atoms with Gasteiger partial charge in [-0.2, -0.15) is 0 Å². The zero-order valence-electron chi connectivity index (χ0n) is 7.53. The molecule has 3 heteroatoms. The molecule has 0 aliphatic heterocycles. The highest BCUT2D eigenvalue weighted by Crippen LogP contribution is 2.17. The summed E-state index contributed by atoms with van der Waals surface area (Å²) in [6.07, 6.45) is -0.0230. The zero-order valence-corrected chi connectivity index (χ0v) is 7.53. The van der Waals surface area contributed by atoms with Crippen molar-refractivity contribution in [1.82, 2.24) is 0 Å². The van der Waals surface area contributed by atoms with Crippen molar-refractivity contribution >= 4 is 5.97 Å². The first-order chi connectivity index (χ1) is 6.11. The summed E-state index contributed by atoms with van der Waals surface area (Å²) in [5.74, 6) is -0.865. The second-order valence-corrected chi connectivity index (χ2v) is 3.06. The number of nitrogens with two attached hydrogens (primary N) is 1. The van der Waals surface area contributed by atoms with Crippen LogP contribution in [-0.4, -0.2) is 11.1 Å². The van der Waals surface area contributed by atoms with Crippen LogP contribution in [0, 0.1) is 6.92 Å². The number of rotatable bonds is 3. The third-order valence-electron chi connectivity index (χ3n) is 1.98. The predicted molar refractivity (Wildman–Crippen MR) is 50.4 cm³/mol. The Bertz CT molecular complexity index is 310. The van der Waals surface area contributed by atoms with Gasteiger partial charge in [0.1, 0.15) is 0 Å². The average Bonchev–Trinajstić information content (AvgIpc) is 2.03. The van der Waals surface area contributed by atoms with E-state index < -0.39 is 12.0 Å². The molecule has 1 aromatic carbocycles. The van der Waals surface area contributed by atoms with E-state index in [0.717, 1.165) is 11.1 Å². The second-order valence-electron chi connectivity index (χ2n) is 3.06. The van der Waals surface area contributed by atoms with Crippen LogP contribution in [0.25, 0.3) is 0 Å². The maximum Gasteiger partial charge on any atom is 0.305 e. The van der Waals surface area contributed by atoms with E-state index in [2.05, 4.69) is 0 Å². The highest BCUT2D eigenvalue weighted by Gasteiger charge is 2.11. The number of carboxylic acids is 1. The molecule has 0 aliphatic carbocycles. The van der Waals surface area contributed by atoms with Crippen LogP contribution in [0.15, 0.2) is 24.3 Å². The minimum atomic E-state index is -0.865. The highest BCUT2D eigenvalue weighted by molar-refractivity contribution is 5.68. The van der Waals surface area contributed by atoms with Crippen molar-refractivity contribution < 1.29 is 9.90 Å². The second kappa shape index (κ2) is 4.05. The molecule has 70 valence electrons. The third kappa shape index (κ3) is 2.56. The van der Waals surface area contributed by atoms with E-state index in [4.69, 9.17) is 10.8 Å². The van der Waals surface area contributed by atoms with Gasteiger partial charge in [0.05, 0.1) is 6.42 Å². The third-order valence-corrected chi connectivity index (χ3v) is 1.98. The van der Waals surface area contributed by atoms with Crippen LogP contribution in [-0.2, 0) is 4.79 Å². The minimum Gasteiger partial charge on any atom is -0.481 e.